The minimum Gasteiger partial charge on any atom is -0.497 e. The van der Waals surface area contributed by atoms with E-state index < -0.39 is 0 Å². The lowest BCUT2D eigenvalue weighted by molar-refractivity contribution is -0.116. The van der Waals surface area contributed by atoms with Crippen molar-refractivity contribution in [2.24, 2.45) is 0 Å². The Hall–Kier alpha value is -4.07. The number of anilines is 1. The fraction of sp³-hybridized carbons (Fsp3) is 0.208. The Bertz CT molecular complexity index is 1260. The van der Waals surface area contributed by atoms with Gasteiger partial charge in [0.05, 0.1) is 26.5 Å². The predicted octanol–water partition coefficient (Wildman–Crippen LogP) is 3.81. The van der Waals surface area contributed by atoms with Crippen LogP contribution in [0.4, 0.5) is 5.82 Å². The number of hydrogen-bond donors (Lipinski definition) is 2. The second kappa shape index (κ2) is 8.22. The first kappa shape index (κ1) is 19.9. The monoisotopic (exact) mass is 429 g/mol. The highest BCUT2D eigenvalue weighted by Crippen LogP contribution is 2.43. The summed E-state index contributed by atoms with van der Waals surface area (Å²) in [4.78, 5) is 12.5. The van der Waals surface area contributed by atoms with Gasteiger partial charge >= 0.3 is 0 Å². The average Bonchev–Trinajstić information content (AvgIpc) is 3.48. The molecule has 1 aliphatic rings. The van der Waals surface area contributed by atoms with Gasteiger partial charge in [-0.2, -0.15) is 10.2 Å². The van der Waals surface area contributed by atoms with E-state index >= 15 is 0 Å². The Morgan fingerprint density at radius 2 is 2.03 bits per heavy atom. The third kappa shape index (κ3) is 3.60. The summed E-state index contributed by atoms with van der Waals surface area (Å²) in [6.45, 7) is 0.573. The Morgan fingerprint density at radius 3 is 2.81 bits per heavy atom. The van der Waals surface area contributed by atoms with Crippen LogP contribution in [0.1, 0.15) is 29.0 Å². The molecule has 1 atom stereocenters. The number of carbonyl (C=O) groups is 1. The Labute approximate surface area is 185 Å². The first-order valence-electron chi connectivity index (χ1n) is 10.3. The van der Waals surface area contributed by atoms with E-state index in [1.807, 2.05) is 53.3 Å². The van der Waals surface area contributed by atoms with Gasteiger partial charge in [0.25, 0.3) is 0 Å². The molecule has 2 aromatic carbocycles. The summed E-state index contributed by atoms with van der Waals surface area (Å²) < 4.78 is 12.8. The van der Waals surface area contributed by atoms with Crippen LogP contribution in [0.25, 0.3) is 11.3 Å². The number of rotatable bonds is 6. The SMILES string of the molecule is COc1cccc(-c2[nH]nc3c2C(c2ccc(OC)c(Cn4cccn4)c2)CC(=O)N3)c1. The summed E-state index contributed by atoms with van der Waals surface area (Å²) in [5.74, 6) is 1.89. The Morgan fingerprint density at radius 1 is 1.12 bits per heavy atom. The van der Waals surface area contributed by atoms with Crippen LogP contribution in [0.2, 0.25) is 0 Å². The lowest BCUT2D eigenvalue weighted by Gasteiger charge is -2.24. The van der Waals surface area contributed by atoms with E-state index in [9.17, 15) is 4.79 Å². The van der Waals surface area contributed by atoms with Crippen LogP contribution in [0.3, 0.4) is 0 Å². The number of ether oxygens (including phenoxy) is 2. The zero-order chi connectivity index (χ0) is 22.1. The molecule has 8 nitrogen and oxygen atoms in total. The molecule has 0 spiro atoms. The number of carbonyl (C=O) groups excluding carboxylic acids is 1. The van der Waals surface area contributed by atoms with Crippen molar-refractivity contribution in [1.82, 2.24) is 20.0 Å². The molecule has 32 heavy (non-hydrogen) atoms. The fourth-order valence-electron chi connectivity index (χ4n) is 4.25. The van der Waals surface area contributed by atoms with Gasteiger partial charge in [-0.25, -0.2) is 0 Å². The topological polar surface area (TPSA) is 94.1 Å². The molecule has 0 bridgehead atoms. The molecule has 0 fully saturated rings. The molecule has 5 rings (SSSR count). The van der Waals surface area contributed by atoms with E-state index in [0.717, 1.165) is 39.4 Å². The largest absolute Gasteiger partial charge is 0.497 e. The number of nitrogens with one attached hydrogen (secondary N) is 2. The minimum absolute atomic E-state index is 0.0596. The predicted molar refractivity (Wildman–Crippen MR) is 120 cm³/mol. The maximum Gasteiger partial charge on any atom is 0.226 e. The summed E-state index contributed by atoms with van der Waals surface area (Å²) in [7, 11) is 3.30. The van der Waals surface area contributed by atoms with Crippen molar-refractivity contribution in [3.05, 3.63) is 77.6 Å². The second-order valence-corrected chi connectivity index (χ2v) is 7.67. The molecule has 162 valence electrons. The van der Waals surface area contributed by atoms with E-state index in [1.54, 1.807) is 20.4 Å². The molecule has 0 saturated carbocycles. The second-order valence-electron chi connectivity index (χ2n) is 7.67. The molecule has 1 amide bonds. The molecule has 0 radical (unpaired) electrons. The van der Waals surface area contributed by atoms with Crippen molar-refractivity contribution in [1.29, 1.82) is 0 Å². The Kier molecular flexibility index (Phi) is 5.10. The minimum atomic E-state index is -0.152. The molecule has 1 unspecified atom stereocenters. The molecule has 0 aliphatic carbocycles. The molecule has 2 aromatic heterocycles. The number of aromatic nitrogens is 4. The van der Waals surface area contributed by atoms with Crippen molar-refractivity contribution < 1.29 is 14.3 Å². The van der Waals surface area contributed by atoms with Crippen molar-refractivity contribution in [2.45, 2.75) is 18.9 Å². The molecular formula is C24H23N5O3. The average molecular weight is 429 g/mol. The molecule has 2 N–H and O–H groups in total. The number of benzene rings is 2. The number of fused-ring (bicyclic) bond motifs is 1. The molecule has 0 saturated heterocycles. The molecular weight excluding hydrogens is 406 g/mol. The van der Waals surface area contributed by atoms with Gasteiger partial charge in [-0.3, -0.25) is 14.6 Å². The molecule has 8 heteroatoms. The highest BCUT2D eigenvalue weighted by molar-refractivity contribution is 5.96. The highest BCUT2D eigenvalue weighted by Gasteiger charge is 2.32. The fourth-order valence-corrected chi connectivity index (χ4v) is 4.25. The van der Waals surface area contributed by atoms with Crippen LogP contribution in [-0.4, -0.2) is 40.1 Å². The van der Waals surface area contributed by atoms with E-state index in [4.69, 9.17) is 9.47 Å². The number of amides is 1. The van der Waals surface area contributed by atoms with Crippen molar-refractivity contribution >= 4 is 11.7 Å². The van der Waals surface area contributed by atoms with Crippen LogP contribution in [0.5, 0.6) is 11.5 Å². The van der Waals surface area contributed by atoms with Crippen molar-refractivity contribution in [3.8, 4) is 22.8 Å². The lowest BCUT2D eigenvalue weighted by atomic mass is 9.83. The lowest BCUT2D eigenvalue weighted by Crippen LogP contribution is -2.23. The summed E-state index contributed by atoms with van der Waals surface area (Å²) in [5.41, 5.74) is 4.80. The zero-order valence-corrected chi connectivity index (χ0v) is 17.8. The number of nitrogens with zero attached hydrogens (tertiary/aromatic N) is 3. The van der Waals surface area contributed by atoms with E-state index in [1.165, 1.54) is 0 Å². The van der Waals surface area contributed by atoms with Crippen molar-refractivity contribution in [3.63, 3.8) is 0 Å². The summed E-state index contributed by atoms with van der Waals surface area (Å²) in [6.07, 6.45) is 3.99. The van der Waals surface area contributed by atoms with Gasteiger partial charge in [-0.1, -0.05) is 18.2 Å². The zero-order valence-electron chi connectivity index (χ0n) is 17.8. The summed E-state index contributed by atoms with van der Waals surface area (Å²) in [5, 5.41) is 14.7. The number of methoxy groups -OCH3 is 2. The van der Waals surface area contributed by atoms with Gasteiger partial charge in [0, 0.05) is 41.4 Å². The smallest absolute Gasteiger partial charge is 0.226 e. The highest BCUT2D eigenvalue weighted by atomic mass is 16.5. The van der Waals surface area contributed by atoms with Crippen LogP contribution in [0.15, 0.2) is 60.9 Å². The summed E-state index contributed by atoms with van der Waals surface area (Å²) in [6, 6.07) is 15.7. The molecule has 1 aliphatic heterocycles. The quantitative estimate of drug-likeness (QED) is 0.486. The third-order valence-electron chi connectivity index (χ3n) is 5.76. The van der Waals surface area contributed by atoms with Crippen LogP contribution in [-0.2, 0) is 11.3 Å². The van der Waals surface area contributed by atoms with Crippen LogP contribution < -0.4 is 14.8 Å². The van der Waals surface area contributed by atoms with Crippen LogP contribution >= 0.6 is 0 Å². The van der Waals surface area contributed by atoms with Gasteiger partial charge in [-0.05, 0) is 35.9 Å². The third-order valence-corrected chi connectivity index (χ3v) is 5.76. The first-order chi connectivity index (χ1) is 15.7. The molecule has 3 heterocycles. The Balaban J connectivity index is 1.60. The van der Waals surface area contributed by atoms with E-state index in [-0.39, 0.29) is 11.8 Å². The summed E-state index contributed by atoms with van der Waals surface area (Å²) >= 11 is 0. The van der Waals surface area contributed by atoms with Gasteiger partial charge in [0.1, 0.15) is 11.5 Å². The van der Waals surface area contributed by atoms with Gasteiger partial charge in [-0.15, -0.1) is 0 Å². The number of aromatic amines is 1. The van der Waals surface area contributed by atoms with Gasteiger partial charge in [0.2, 0.25) is 5.91 Å². The van der Waals surface area contributed by atoms with E-state index in [2.05, 4.69) is 26.7 Å². The maximum atomic E-state index is 12.5. The van der Waals surface area contributed by atoms with Crippen LogP contribution in [0, 0.1) is 0 Å². The van der Waals surface area contributed by atoms with Gasteiger partial charge < -0.3 is 14.8 Å². The van der Waals surface area contributed by atoms with Gasteiger partial charge in [0.15, 0.2) is 5.82 Å². The first-order valence-corrected chi connectivity index (χ1v) is 10.3. The number of H-pyrrole nitrogens is 1. The van der Waals surface area contributed by atoms with Crippen molar-refractivity contribution in [2.75, 3.05) is 19.5 Å². The number of hydrogen-bond acceptors (Lipinski definition) is 5. The standard InChI is InChI=1S/C24H23N5O3/c1-31-18-6-3-5-16(12-18)23-22-19(13-21(30)26-24(22)28-27-23)15-7-8-20(32-2)17(11-15)14-29-10-4-9-25-29/h3-12,19H,13-14H2,1-2H3,(H2,26,27,28,30). The normalized spacial score (nSPS) is 15.2. The molecule has 4 aromatic rings. The maximum absolute atomic E-state index is 12.5. The van der Waals surface area contributed by atoms with E-state index in [0.29, 0.717) is 18.8 Å².